The number of methoxy groups -OCH3 is 1. The van der Waals surface area contributed by atoms with Crippen molar-refractivity contribution in [2.45, 2.75) is 36.7 Å². The van der Waals surface area contributed by atoms with Crippen LogP contribution in [0, 0.1) is 0 Å². The van der Waals surface area contributed by atoms with Gasteiger partial charge in [0.25, 0.3) is 10.0 Å². The molecule has 0 spiro atoms. The minimum Gasteiger partial charge on any atom is -0.475 e. The molecule has 0 radical (unpaired) electrons. The molecule has 0 saturated carbocycles. The summed E-state index contributed by atoms with van der Waals surface area (Å²) in [5.41, 5.74) is 1.84. The fraction of sp³-hybridized carbons (Fsp3) is 0.375. The minimum atomic E-state index is -3.85. The van der Waals surface area contributed by atoms with Crippen LogP contribution in [0.3, 0.4) is 0 Å². The van der Waals surface area contributed by atoms with E-state index in [2.05, 4.69) is 10.00 Å². The second-order valence-electron chi connectivity index (χ2n) is 8.52. The number of benzene rings is 2. The van der Waals surface area contributed by atoms with Gasteiger partial charge < -0.3 is 9.47 Å². The van der Waals surface area contributed by atoms with Crippen LogP contribution in [0.25, 0.3) is 0 Å². The summed E-state index contributed by atoms with van der Waals surface area (Å²) in [5, 5.41) is 4.38. The Bertz CT molecular complexity index is 1140. The Labute approximate surface area is 194 Å². The van der Waals surface area contributed by atoms with Gasteiger partial charge in [0.2, 0.25) is 5.88 Å². The van der Waals surface area contributed by atoms with Crippen molar-refractivity contribution < 1.29 is 17.9 Å². The van der Waals surface area contributed by atoms with Crippen molar-refractivity contribution in [2.24, 2.45) is 0 Å². The summed E-state index contributed by atoms with van der Waals surface area (Å²) in [6.45, 7) is 3.26. The Balaban J connectivity index is 1.40. The van der Waals surface area contributed by atoms with Gasteiger partial charge in [0.1, 0.15) is 6.61 Å². The lowest BCUT2D eigenvalue weighted by Gasteiger charge is -2.44. The summed E-state index contributed by atoms with van der Waals surface area (Å²) < 4.78 is 42.1. The van der Waals surface area contributed by atoms with E-state index in [1.54, 1.807) is 11.8 Å². The second kappa shape index (κ2) is 9.26. The van der Waals surface area contributed by atoms with Crippen molar-refractivity contribution in [2.75, 3.05) is 26.8 Å². The Morgan fingerprint density at radius 1 is 1.00 bits per heavy atom. The molecule has 1 aromatic heterocycles. The first-order valence-corrected chi connectivity index (χ1v) is 12.5. The fourth-order valence-corrected chi connectivity index (χ4v) is 5.80. The standard InChI is InChI=1S/C24H28N4O4S/c1-31-22-16-26(17-22)21-15-28-24(32-18-21)23(12-25-28)33(29,30)27(13-19-8-4-2-5-9-19)14-20-10-6-3-7-11-20/h2-12,21-22H,13-18H2,1H3/t21-/m0/s1. The number of nitrogens with zero attached hydrogens (tertiary/aromatic N) is 4. The maximum Gasteiger partial charge on any atom is 0.250 e. The molecule has 3 heterocycles. The van der Waals surface area contributed by atoms with E-state index in [4.69, 9.17) is 9.47 Å². The predicted molar refractivity (Wildman–Crippen MR) is 123 cm³/mol. The Hall–Kier alpha value is -2.72. The third-order valence-electron chi connectivity index (χ3n) is 6.30. The molecule has 9 heteroatoms. The van der Waals surface area contributed by atoms with Crippen LogP contribution in [0.4, 0.5) is 0 Å². The summed E-state index contributed by atoms with van der Waals surface area (Å²) in [4.78, 5) is 2.40. The molecule has 2 aliphatic heterocycles. The van der Waals surface area contributed by atoms with Crippen molar-refractivity contribution >= 4 is 10.0 Å². The molecule has 1 saturated heterocycles. The molecule has 1 fully saturated rings. The second-order valence-corrected chi connectivity index (χ2v) is 10.4. The number of likely N-dealkylation sites (tertiary alicyclic amines) is 1. The molecular weight excluding hydrogens is 440 g/mol. The molecule has 5 rings (SSSR count). The third-order valence-corrected chi connectivity index (χ3v) is 8.08. The zero-order chi connectivity index (χ0) is 22.8. The minimum absolute atomic E-state index is 0.117. The van der Waals surface area contributed by atoms with E-state index in [0.717, 1.165) is 24.2 Å². The molecular formula is C24H28N4O4S. The highest BCUT2D eigenvalue weighted by atomic mass is 32.2. The lowest BCUT2D eigenvalue weighted by Crippen LogP contribution is -2.59. The highest BCUT2D eigenvalue weighted by Crippen LogP contribution is 2.32. The molecule has 3 aromatic rings. The molecule has 2 aromatic carbocycles. The number of rotatable bonds is 8. The zero-order valence-electron chi connectivity index (χ0n) is 18.6. The van der Waals surface area contributed by atoms with Gasteiger partial charge in [0.05, 0.1) is 24.9 Å². The quantitative estimate of drug-likeness (QED) is 0.505. The molecule has 33 heavy (non-hydrogen) atoms. The summed E-state index contributed by atoms with van der Waals surface area (Å²) in [7, 11) is -2.13. The van der Waals surface area contributed by atoms with E-state index in [-0.39, 0.29) is 30.1 Å². The third kappa shape index (κ3) is 4.54. The van der Waals surface area contributed by atoms with Crippen molar-refractivity contribution in [3.05, 3.63) is 78.0 Å². The van der Waals surface area contributed by atoms with Crippen molar-refractivity contribution in [1.29, 1.82) is 0 Å². The van der Waals surface area contributed by atoms with E-state index in [1.165, 1.54) is 10.5 Å². The molecule has 0 amide bonds. The van der Waals surface area contributed by atoms with Crippen LogP contribution in [-0.2, 0) is 34.4 Å². The lowest BCUT2D eigenvalue weighted by molar-refractivity contribution is -0.0687. The largest absolute Gasteiger partial charge is 0.475 e. The molecule has 0 N–H and O–H groups in total. The Morgan fingerprint density at radius 2 is 1.61 bits per heavy atom. The predicted octanol–water partition coefficient (Wildman–Crippen LogP) is 2.37. The molecule has 0 aliphatic carbocycles. The smallest absolute Gasteiger partial charge is 0.250 e. The zero-order valence-corrected chi connectivity index (χ0v) is 19.4. The Morgan fingerprint density at radius 3 is 2.18 bits per heavy atom. The van der Waals surface area contributed by atoms with Crippen LogP contribution in [0.5, 0.6) is 5.88 Å². The average molecular weight is 469 g/mol. The highest BCUT2D eigenvalue weighted by Gasteiger charge is 2.38. The molecule has 0 bridgehead atoms. The van der Waals surface area contributed by atoms with Gasteiger partial charge in [0.15, 0.2) is 4.90 Å². The van der Waals surface area contributed by atoms with Gasteiger partial charge in [0, 0.05) is 33.3 Å². The van der Waals surface area contributed by atoms with E-state index >= 15 is 0 Å². The van der Waals surface area contributed by atoms with Gasteiger partial charge in [-0.1, -0.05) is 60.7 Å². The number of hydrogen-bond acceptors (Lipinski definition) is 6. The molecule has 8 nitrogen and oxygen atoms in total. The van der Waals surface area contributed by atoms with Crippen molar-refractivity contribution in [3.63, 3.8) is 0 Å². The topological polar surface area (TPSA) is 76.9 Å². The van der Waals surface area contributed by atoms with Gasteiger partial charge in [-0.15, -0.1) is 0 Å². The van der Waals surface area contributed by atoms with Gasteiger partial charge >= 0.3 is 0 Å². The summed E-state index contributed by atoms with van der Waals surface area (Å²) >= 11 is 0. The van der Waals surface area contributed by atoms with E-state index in [1.807, 2.05) is 60.7 Å². The highest BCUT2D eigenvalue weighted by molar-refractivity contribution is 7.89. The van der Waals surface area contributed by atoms with Crippen LogP contribution < -0.4 is 4.74 Å². The van der Waals surface area contributed by atoms with Crippen molar-refractivity contribution in [3.8, 4) is 5.88 Å². The maximum atomic E-state index is 13.8. The summed E-state index contributed by atoms with van der Waals surface area (Å²) in [5.74, 6) is 0.321. The number of sulfonamides is 1. The summed E-state index contributed by atoms with van der Waals surface area (Å²) in [6, 6.07) is 19.4. The number of ether oxygens (including phenoxy) is 2. The van der Waals surface area contributed by atoms with E-state index in [0.29, 0.717) is 19.0 Å². The lowest BCUT2D eigenvalue weighted by atomic mass is 10.1. The van der Waals surface area contributed by atoms with E-state index in [9.17, 15) is 8.42 Å². The molecule has 174 valence electrons. The first kappa shape index (κ1) is 22.1. The molecule has 0 unspecified atom stereocenters. The van der Waals surface area contributed by atoms with Gasteiger partial charge in [-0.05, 0) is 11.1 Å². The SMILES string of the molecule is COC1CN([C@@H]2COc3c(S(=O)(=O)N(Cc4ccccc4)Cc4ccccc4)cnn3C2)C1. The first-order valence-electron chi connectivity index (χ1n) is 11.1. The van der Waals surface area contributed by atoms with Gasteiger partial charge in [-0.25, -0.2) is 13.1 Å². The molecule has 2 aliphatic rings. The van der Waals surface area contributed by atoms with Gasteiger partial charge in [-0.2, -0.15) is 9.40 Å². The molecule has 1 atom stereocenters. The number of aromatic nitrogens is 2. The van der Waals surface area contributed by atoms with Crippen molar-refractivity contribution in [1.82, 2.24) is 19.0 Å². The van der Waals surface area contributed by atoms with Crippen LogP contribution in [0.2, 0.25) is 0 Å². The van der Waals surface area contributed by atoms with Gasteiger partial charge in [-0.3, -0.25) is 4.90 Å². The maximum absolute atomic E-state index is 13.8. The first-order chi connectivity index (χ1) is 16.0. The monoisotopic (exact) mass is 468 g/mol. The van der Waals surface area contributed by atoms with Crippen LogP contribution in [0.1, 0.15) is 11.1 Å². The number of fused-ring (bicyclic) bond motifs is 1. The summed E-state index contributed by atoms with van der Waals surface area (Å²) in [6.07, 6.45) is 1.67. The normalized spacial score (nSPS) is 19.2. The van der Waals surface area contributed by atoms with Crippen LogP contribution >= 0.6 is 0 Å². The van der Waals surface area contributed by atoms with Crippen LogP contribution in [0.15, 0.2) is 71.8 Å². The number of hydrogen-bond donors (Lipinski definition) is 0. The van der Waals surface area contributed by atoms with E-state index < -0.39 is 10.0 Å². The average Bonchev–Trinajstić information content (AvgIpc) is 3.24. The fourth-order valence-electron chi connectivity index (χ4n) is 4.31. The van der Waals surface area contributed by atoms with Crippen LogP contribution in [-0.4, -0.2) is 66.4 Å². The Kier molecular flexibility index (Phi) is 6.20.